The molecule has 1 unspecified atom stereocenters. The van der Waals surface area contributed by atoms with E-state index in [2.05, 4.69) is 17.0 Å². The number of nitrogens with zero attached hydrogens (tertiary/aromatic N) is 2. The summed E-state index contributed by atoms with van der Waals surface area (Å²) in [6.07, 6.45) is 0.804. The van der Waals surface area contributed by atoms with E-state index < -0.39 is 0 Å². The SMILES string of the molecule is CC1CN(Cc2ccc(F)cc2)CC/C1=N\O. The molecule has 0 saturated carbocycles. The van der Waals surface area contributed by atoms with Crippen molar-refractivity contribution in [2.45, 2.75) is 19.9 Å². The van der Waals surface area contributed by atoms with Crippen molar-refractivity contribution < 1.29 is 9.60 Å². The minimum atomic E-state index is -0.199. The third-order valence-corrected chi connectivity index (χ3v) is 3.23. The zero-order valence-corrected chi connectivity index (χ0v) is 9.93. The van der Waals surface area contributed by atoms with Gasteiger partial charge in [-0.1, -0.05) is 24.2 Å². The highest BCUT2D eigenvalue weighted by molar-refractivity contribution is 5.86. The Labute approximate surface area is 101 Å². The largest absolute Gasteiger partial charge is 0.411 e. The Morgan fingerprint density at radius 1 is 1.41 bits per heavy atom. The van der Waals surface area contributed by atoms with Gasteiger partial charge in [0.1, 0.15) is 5.82 Å². The molecule has 1 aliphatic rings. The van der Waals surface area contributed by atoms with Crippen molar-refractivity contribution in [1.82, 2.24) is 4.90 Å². The molecule has 0 bridgehead atoms. The summed E-state index contributed by atoms with van der Waals surface area (Å²) in [5, 5.41) is 12.1. The lowest BCUT2D eigenvalue weighted by atomic mass is 9.97. The topological polar surface area (TPSA) is 35.8 Å². The molecule has 17 heavy (non-hydrogen) atoms. The summed E-state index contributed by atoms with van der Waals surface area (Å²) in [4.78, 5) is 2.30. The second-order valence-electron chi connectivity index (χ2n) is 4.60. The molecule has 1 aromatic rings. The Kier molecular flexibility index (Phi) is 3.74. The number of piperidine rings is 1. The molecule has 0 aromatic heterocycles. The number of oxime groups is 1. The van der Waals surface area contributed by atoms with E-state index in [1.165, 1.54) is 12.1 Å². The number of hydrogen-bond donors (Lipinski definition) is 1. The van der Waals surface area contributed by atoms with E-state index in [1.54, 1.807) is 0 Å². The quantitative estimate of drug-likeness (QED) is 0.632. The molecule has 1 aliphatic heterocycles. The number of rotatable bonds is 2. The van der Waals surface area contributed by atoms with Gasteiger partial charge in [-0.05, 0) is 17.7 Å². The van der Waals surface area contributed by atoms with E-state index in [9.17, 15) is 4.39 Å². The van der Waals surface area contributed by atoms with Gasteiger partial charge in [-0.3, -0.25) is 4.90 Å². The highest BCUT2D eigenvalue weighted by Crippen LogP contribution is 2.16. The lowest BCUT2D eigenvalue weighted by Gasteiger charge is -2.31. The van der Waals surface area contributed by atoms with Gasteiger partial charge in [-0.15, -0.1) is 0 Å². The van der Waals surface area contributed by atoms with Gasteiger partial charge in [0.05, 0.1) is 5.71 Å². The standard InChI is InChI=1S/C13H17FN2O/c1-10-8-16(7-6-13(10)15-17)9-11-2-4-12(14)5-3-11/h2-5,10,17H,6-9H2,1H3/b15-13+. The normalized spacial score (nSPS) is 24.1. The summed E-state index contributed by atoms with van der Waals surface area (Å²) in [5.41, 5.74) is 1.99. The van der Waals surface area contributed by atoms with Crippen molar-refractivity contribution in [3.63, 3.8) is 0 Å². The van der Waals surface area contributed by atoms with Crippen LogP contribution in [0, 0.1) is 11.7 Å². The predicted molar refractivity (Wildman–Crippen MR) is 64.7 cm³/mol. The number of benzene rings is 1. The smallest absolute Gasteiger partial charge is 0.123 e. The fourth-order valence-corrected chi connectivity index (χ4v) is 2.24. The van der Waals surface area contributed by atoms with Gasteiger partial charge in [-0.2, -0.15) is 0 Å². The molecule has 1 aromatic carbocycles. The molecule has 1 N–H and O–H groups in total. The third kappa shape index (κ3) is 3.03. The van der Waals surface area contributed by atoms with E-state index >= 15 is 0 Å². The van der Waals surface area contributed by atoms with Gasteiger partial charge < -0.3 is 5.21 Å². The second-order valence-corrected chi connectivity index (χ2v) is 4.60. The van der Waals surface area contributed by atoms with Crippen molar-refractivity contribution in [2.24, 2.45) is 11.1 Å². The molecule has 0 spiro atoms. The first kappa shape index (κ1) is 12.0. The van der Waals surface area contributed by atoms with Gasteiger partial charge in [0.2, 0.25) is 0 Å². The number of halogens is 1. The van der Waals surface area contributed by atoms with Crippen LogP contribution in [-0.2, 0) is 6.54 Å². The minimum Gasteiger partial charge on any atom is -0.411 e. The van der Waals surface area contributed by atoms with E-state index in [0.29, 0.717) is 0 Å². The van der Waals surface area contributed by atoms with Gasteiger partial charge in [-0.25, -0.2) is 4.39 Å². The second kappa shape index (κ2) is 5.27. The fraction of sp³-hybridized carbons (Fsp3) is 0.462. The molecular formula is C13H17FN2O. The molecule has 0 amide bonds. The van der Waals surface area contributed by atoms with Crippen LogP contribution >= 0.6 is 0 Å². The Hall–Kier alpha value is -1.42. The Bertz CT molecular complexity index is 402. The summed E-state index contributed by atoms with van der Waals surface area (Å²) in [5.74, 6) is 0.0876. The molecule has 1 fully saturated rings. The first-order valence-corrected chi connectivity index (χ1v) is 5.86. The van der Waals surface area contributed by atoms with Crippen LogP contribution in [-0.4, -0.2) is 28.9 Å². The minimum absolute atomic E-state index is 0.199. The first-order valence-electron chi connectivity index (χ1n) is 5.86. The third-order valence-electron chi connectivity index (χ3n) is 3.23. The summed E-state index contributed by atoms with van der Waals surface area (Å²) in [6.45, 7) is 4.66. The van der Waals surface area contributed by atoms with Crippen molar-refractivity contribution in [3.05, 3.63) is 35.6 Å². The van der Waals surface area contributed by atoms with Gasteiger partial charge >= 0.3 is 0 Å². The van der Waals surface area contributed by atoms with Crippen molar-refractivity contribution in [3.8, 4) is 0 Å². The average Bonchev–Trinajstić information content (AvgIpc) is 2.32. The molecule has 92 valence electrons. The highest BCUT2D eigenvalue weighted by atomic mass is 19.1. The molecule has 1 atom stereocenters. The summed E-state index contributed by atoms with van der Waals surface area (Å²) < 4.78 is 12.8. The fourth-order valence-electron chi connectivity index (χ4n) is 2.24. The van der Waals surface area contributed by atoms with Crippen LogP contribution in [0.1, 0.15) is 18.9 Å². The van der Waals surface area contributed by atoms with Crippen molar-refractivity contribution >= 4 is 5.71 Å². The van der Waals surface area contributed by atoms with E-state index in [4.69, 9.17) is 5.21 Å². The molecule has 0 radical (unpaired) electrons. The van der Waals surface area contributed by atoms with E-state index in [1.807, 2.05) is 12.1 Å². The molecule has 1 heterocycles. The monoisotopic (exact) mass is 236 g/mol. The number of hydrogen-bond acceptors (Lipinski definition) is 3. The molecule has 2 rings (SSSR count). The Morgan fingerprint density at radius 3 is 2.71 bits per heavy atom. The maximum Gasteiger partial charge on any atom is 0.123 e. The Balaban J connectivity index is 1.95. The summed E-state index contributed by atoms with van der Waals surface area (Å²) >= 11 is 0. The number of likely N-dealkylation sites (tertiary alicyclic amines) is 1. The summed E-state index contributed by atoms with van der Waals surface area (Å²) in [7, 11) is 0. The van der Waals surface area contributed by atoms with Gasteiger partial charge in [0.25, 0.3) is 0 Å². The summed E-state index contributed by atoms with van der Waals surface area (Å²) in [6, 6.07) is 6.61. The van der Waals surface area contributed by atoms with Crippen LogP contribution < -0.4 is 0 Å². The lowest BCUT2D eigenvalue weighted by Crippen LogP contribution is -2.39. The van der Waals surface area contributed by atoms with Crippen LogP contribution in [0.15, 0.2) is 29.4 Å². The zero-order valence-electron chi connectivity index (χ0n) is 9.93. The Morgan fingerprint density at radius 2 is 2.12 bits per heavy atom. The van der Waals surface area contributed by atoms with Crippen LogP contribution in [0.2, 0.25) is 0 Å². The zero-order chi connectivity index (χ0) is 12.3. The van der Waals surface area contributed by atoms with Crippen LogP contribution in [0.5, 0.6) is 0 Å². The molecule has 1 saturated heterocycles. The molecule has 0 aliphatic carbocycles. The van der Waals surface area contributed by atoms with Crippen molar-refractivity contribution in [2.75, 3.05) is 13.1 Å². The van der Waals surface area contributed by atoms with E-state index in [-0.39, 0.29) is 11.7 Å². The van der Waals surface area contributed by atoms with Crippen LogP contribution in [0.25, 0.3) is 0 Å². The lowest BCUT2D eigenvalue weighted by molar-refractivity contribution is 0.228. The predicted octanol–water partition coefficient (Wildman–Crippen LogP) is 2.50. The maximum absolute atomic E-state index is 12.8. The van der Waals surface area contributed by atoms with Gasteiger partial charge in [0, 0.05) is 32.0 Å². The first-order chi connectivity index (χ1) is 8.19. The average molecular weight is 236 g/mol. The maximum atomic E-state index is 12.8. The van der Waals surface area contributed by atoms with E-state index in [0.717, 1.165) is 37.3 Å². The highest BCUT2D eigenvalue weighted by Gasteiger charge is 2.22. The molecular weight excluding hydrogens is 219 g/mol. The van der Waals surface area contributed by atoms with Gasteiger partial charge in [0.15, 0.2) is 0 Å². The molecule has 3 nitrogen and oxygen atoms in total. The van der Waals surface area contributed by atoms with Crippen molar-refractivity contribution in [1.29, 1.82) is 0 Å². The molecule has 4 heteroatoms. The van der Waals surface area contributed by atoms with Crippen LogP contribution in [0.3, 0.4) is 0 Å². The van der Waals surface area contributed by atoms with Crippen LogP contribution in [0.4, 0.5) is 4.39 Å².